The Morgan fingerprint density at radius 3 is 2.68 bits per heavy atom. The maximum absolute atomic E-state index is 14.5. The molecule has 5 nitrogen and oxygen atoms in total. The van der Waals surface area contributed by atoms with Crippen molar-refractivity contribution in [3.05, 3.63) is 59.7 Å². The first-order chi connectivity index (χ1) is 12.0. The third-order valence-corrected chi connectivity index (χ3v) is 4.12. The summed E-state index contributed by atoms with van der Waals surface area (Å²) >= 11 is 0. The smallest absolute Gasteiger partial charge is 0.270 e. The average Bonchev–Trinajstić information content (AvgIpc) is 2.59. The molecule has 6 heteroatoms. The van der Waals surface area contributed by atoms with Crippen LogP contribution in [0.4, 0.5) is 10.1 Å². The van der Waals surface area contributed by atoms with Crippen LogP contribution >= 0.6 is 0 Å². The lowest BCUT2D eigenvalue weighted by Crippen LogP contribution is -2.45. The summed E-state index contributed by atoms with van der Waals surface area (Å²) in [5.74, 6) is -0.563. The van der Waals surface area contributed by atoms with Crippen LogP contribution in [0.5, 0.6) is 0 Å². The first-order valence-electron chi connectivity index (χ1n) is 8.41. The predicted molar refractivity (Wildman–Crippen MR) is 94.0 cm³/mol. The molecule has 0 aliphatic carbocycles. The van der Waals surface area contributed by atoms with E-state index in [1.165, 1.54) is 6.07 Å². The monoisotopic (exact) mass is 343 g/mol. The fourth-order valence-corrected chi connectivity index (χ4v) is 3.06. The topological polar surface area (TPSA) is 54.5 Å². The van der Waals surface area contributed by atoms with E-state index in [9.17, 15) is 9.18 Å². The largest absolute Gasteiger partial charge is 0.372 e. The molecule has 2 atom stereocenters. The standard InChI is InChI=1S/C19H22FN3O2/c1-13-11-23(12-14(2)25-13)18-7-6-15(9-16(18)20)10-22-19(24)17-5-3-4-8-21-17/h3-9,13-14H,10-12H2,1-2H3,(H,22,24)/t13-,14-/m1/s1. The number of pyridine rings is 1. The van der Waals surface area contributed by atoms with Crippen LogP contribution in [-0.2, 0) is 11.3 Å². The van der Waals surface area contributed by atoms with E-state index in [-0.39, 0.29) is 30.5 Å². The number of rotatable bonds is 4. The molecule has 1 N–H and O–H groups in total. The number of ether oxygens (including phenoxy) is 1. The van der Waals surface area contributed by atoms with Gasteiger partial charge in [-0.2, -0.15) is 0 Å². The van der Waals surface area contributed by atoms with Gasteiger partial charge in [0.25, 0.3) is 5.91 Å². The summed E-state index contributed by atoms with van der Waals surface area (Å²) in [5.41, 5.74) is 1.62. The number of nitrogens with one attached hydrogen (secondary N) is 1. The molecule has 2 heterocycles. The van der Waals surface area contributed by atoms with E-state index in [0.29, 0.717) is 30.0 Å². The highest BCUT2D eigenvalue weighted by Gasteiger charge is 2.24. The van der Waals surface area contributed by atoms with Gasteiger partial charge in [0.05, 0.1) is 17.9 Å². The van der Waals surface area contributed by atoms with Gasteiger partial charge in [0, 0.05) is 25.8 Å². The van der Waals surface area contributed by atoms with Crippen molar-refractivity contribution in [2.24, 2.45) is 0 Å². The zero-order chi connectivity index (χ0) is 17.8. The van der Waals surface area contributed by atoms with Crippen LogP contribution in [0.25, 0.3) is 0 Å². The molecule has 0 spiro atoms. The second-order valence-corrected chi connectivity index (χ2v) is 6.35. The zero-order valence-electron chi connectivity index (χ0n) is 14.4. The Kier molecular flexibility index (Phi) is 5.28. The lowest BCUT2D eigenvalue weighted by atomic mass is 10.1. The van der Waals surface area contributed by atoms with Crippen LogP contribution in [0.15, 0.2) is 42.6 Å². The average molecular weight is 343 g/mol. The fourth-order valence-electron chi connectivity index (χ4n) is 3.06. The lowest BCUT2D eigenvalue weighted by molar-refractivity contribution is -0.00539. The molecule has 1 saturated heterocycles. The first-order valence-corrected chi connectivity index (χ1v) is 8.41. The summed E-state index contributed by atoms with van der Waals surface area (Å²) in [4.78, 5) is 18.0. The Morgan fingerprint density at radius 2 is 2.04 bits per heavy atom. The molecule has 0 bridgehead atoms. The number of hydrogen-bond acceptors (Lipinski definition) is 4. The fraction of sp³-hybridized carbons (Fsp3) is 0.368. The van der Waals surface area contributed by atoms with Crippen LogP contribution in [0.3, 0.4) is 0 Å². The molecular weight excluding hydrogens is 321 g/mol. The van der Waals surface area contributed by atoms with Gasteiger partial charge in [0.1, 0.15) is 11.5 Å². The van der Waals surface area contributed by atoms with Gasteiger partial charge in [-0.15, -0.1) is 0 Å². The van der Waals surface area contributed by atoms with Crippen molar-refractivity contribution in [2.75, 3.05) is 18.0 Å². The highest BCUT2D eigenvalue weighted by Crippen LogP contribution is 2.24. The SMILES string of the molecule is C[C@@H]1CN(c2ccc(CNC(=O)c3ccccn3)cc2F)C[C@@H](C)O1. The van der Waals surface area contributed by atoms with E-state index in [1.54, 1.807) is 30.5 Å². The summed E-state index contributed by atoms with van der Waals surface area (Å²) in [6, 6.07) is 10.2. The maximum Gasteiger partial charge on any atom is 0.270 e. The van der Waals surface area contributed by atoms with Gasteiger partial charge >= 0.3 is 0 Å². The Morgan fingerprint density at radius 1 is 1.28 bits per heavy atom. The predicted octanol–water partition coefficient (Wildman–Crippen LogP) is 2.76. The molecule has 1 aliphatic rings. The van der Waals surface area contributed by atoms with Gasteiger partial charge in [0.15, 0.2) is 0 Å². The van der Waals surface area contributed by atoms with Crippen LogP contribution < -0.4 is 10.2 Å². The molecular formula is C19H22FN3O2. The van der Waals surface area contributed by atoms with Gasteiger partial charge < -0.3 is 15.0 Å². The molecule has 3 rings (SSSR count). The summed E-state index contributed by atoms with van der Waals surface area (Å²) in [6.07, 6.45) is 1.70. The molecule has 0 radical (unpaired) electrons. The number of benzene rings is 1. The van der Waals surface area contributed by atoms with Crippen LogP contribution in [-0.4, -0.2) is 36.2 Å². The first kappa shape index (κ1) is 17.4. The second kappa shape index (κ2) is 7.61. The number of amides is 1. The molecule has 2 aromatic rings. The minimum Gasteiger partial charge on any atom is -0.372 e. The van der Waals surface area contributed by atoms with Gasteiger partial charge in [-0.05, 0) is 43.7 Å². The molecule has 1 aliphatic heterocycles. The summed E-state index contributed by atoms with van der Waals surface area (Å²) < 4.78 is 20.2. The number of aromatic nitrogens is 1. The van der Waals surface area contributed by atoms with Gasteiger partial charge in [-0.1, -0.05) is 12.1 Å². The molecule has 0 unspecified atom stereocenters. The van der Waals surface area contributed by atoms with E-state index in [0.717, 1.165) is 0 Å². The Balaban J connectivity index is 1.65. The van der Waals surface area contributed by atoms with Crippen LogP contribution in [0.2, 0.25) is 0 Å². The molecule has 0 saturated carbocycles. The van der Waals surface area contributed by atoms with Crippen molar-refractivity contribution >= 4 is 11.6 Å². The summed E-state index contributed by atoms with van der Waals surface area (Å²) in [7, 11) is 0. The molecule has 25 heavy (non-hydrogen) atoms. The lowest BCUT2D eigenvalue weighted by Gasteiger charge is -2.37. The Labute approximate surface area is 146 Å². The minimum atomic E-state index is -0.286. The number of nitrogens with zero attached hydrogens (tertiary/aromatic N) is 2. The minimum absolute atomic E-state index is 0.0699. The summed E-state index contributed by atoms with van der Waals surface area (Å²) in [6.45, 7) is 5.56. The third kappa shape index (κ3) is 4.33. The Bertz CT molecular complexity index is 729. The quantitative estimate of drug-likeness (QED) is 0.927. The zero-order valence-corrected chi connectivity index (χ0v) is 14.4. The third-order valence-electron chi connectivity index (χ3n) is 4.12. The molecule has 1 aromatic carbocycles. The van der Waals surface area contributed by atoms with Crippen molar-refractivity contribution < 1.29 is 13.9 Å². The van der Waals surface area contributed by atoms with Crippen molar-refractivity contribution in [3.8, 4) is 0 Å². The Hall–Kier alpha value is -2.47. The van der Waals surface area contributed by atoms with Crippen LogP contribution in [0.1, 0.15) is 29.9 Å². The highest BCUT2D eigenvalue weighted by atomic mass is 19.1. The molecule has 132 valence electrons. The number of halogens is 1. The van der Waals surface area contributed by atoms with Gasteiger partial charge in [0.2, 0.25) is 0 Å². The van der Waals surface area contributed by atoms with Gasteiger partial charge in [-0.25, -0.2) is 4.39 Å². The summed E-state index contributed by atoms with van der Waals surface area (Å²) in [5, 5.41) is 2.75. The van der Waals surface area contributed by atoms with Crippen molar-refractivity contribution in [2.45, 2.75) is 32.6 Å². The van der Waals surface area contributed by atoms with Gasteiger partial charge in [-0.3, -0.25) is 9.78 Å². The van der Waals surface area contributed by atoms with E-state index in [4.69, 9.17) is 4.74 Å². The molecule has 1 amide bonds. The normalized spacial score (nSPS) is 20.4. The van der Waals surface area contributed by atoms with Crippen molar-refractivity contribution in [1.29, 1.82) is 0 Å². The van der Waals surface area contributed by atoms with E-state index in [2.05, 4.69) is 10.3 Å². The van der Waals surface area contributed by atoms with E-state index >= 15 is 0 Å². The van der Waals surface area contributed by atoms with E-state index in [1.807, 2.05) is 24.8 Å². The second-order valence-electron chi connectivity index (χ2n) is 6.35. The number of carbonyl (C=O) groups is 1. The number of hydrogen-bond donors (Lipinski definition) is 1. The van der Waals surface area contributed by atoms with Crippen molar-refractivity contribution in [3.63, 3.8) is 0 Å². The highest BCUT2D eigenvalue weighted by molar-refractivity contribution is 5.92. The number of anilines is 1. The molecule has 1 fully saturated rings. The number of carbonyl (C=O) groups excluding carboxylic acids is 1. The van der Waals surface area contributed by atoms with Crippen LogP contribution in [0, 0.1) is 5.82 Å². The maximum atomic E-state index is 14.5. The molecule has 1 aromatic heterocycles. The number of morpholine rings is 1. The van der Waals surface area contributed by atoms with Crippen molar-refractivity contribution in [1.82, 2.24) is 10.3 Å². The van der Waals surface area contributed by atoms with E-state index < -0.39 is 0 Å².